The minimum absolute atomic E-state index is 0.0352. The fourth-order valence-corrected chi connectivity index (χ4v) is 4.30. The van der Waals surface area contributed by atoms with Crippen molar-refractivity contribution in [1.29, 1.82) is 0 Å². The molecule has 4 rings (SSSR count). The van der Waals surface area contributed by atoms with Crippen LogP contribution < -0.4 is 10.6 Å². The summed E-state index contributed by atoms with van der Waals surface area (Å²) in [5.41, 5.74) is 3.19. The molecule has 4 aliphatic rings. The number of piperazine rings is 1. The fourth-order valence-electron chi connectivity index (χ4n) is 4.30. The first-order chi connectivity index (χ1) is 12.0. The second kappa shape index (κ2) is 6.29. The van der Waals surface area contributed by atoms with Gasteiger partial charge in [0.1, 0.15) is 6.04 Å². The third-order valence-corrected chi connectivity index (χ3v) is 5.65. The molecule has 0 aromatic carbocycles. The molecular weight excluding hydrogens is 320 g/mol. The Bertz CT molecular complexity index is 690. The lowest BCUT2D eigenvalue weighted by Crippen LogP contribution is -2.53. The van der Waals surface area contributed by atoms with Crippen molar-refractivity contribution < 1.29 is 14.4 Å². The topological polar surface area (TPSA) is 81.8 Å². The zero-order valence-electron chi connectivity index (χ0n) is 14.5. The van der Waals surface area contributed by atoms with Crippen LogP contribution in [0, 0.1) is 5.92 Å². The van der Waals surface area contributed by atoms with Crippen molar-refractivity contribution in [1.82, 2.24) is 20.4 Å². The largest absolute Gasteiger partial charge is 0.372 e. The lowest BCUT2D eigenvalue weighted by atomic mass is 9.88. The number of carbonyl (C=O) groups is 3. The molecule has 0 aromatic heterocycles. The van der Waals surface area contributed by atoms with E-state index >= 15 is 0 Å². The number of nitrogens with zero attached hydrogens (tertiary/aromatic N) is 2. The van der Waals surface area contributed by atoms with Crippen LogP contribution in [-0.4, -0.2) is 66.3 Å². The van der Waals surface area contributed by atoms with E-state index in [1.807, 2.05) is 0 Å². The summed E-state index contributed by atoms with van der Waals surface area (Å²) in [6.07, 6.45) is 3.61. The Kier molecular flexibility index (Phi) is 4.11. The molecule has 7 nitrogen and oxygen atoms in total. The number of piperidine rings is 1. The van der Waals surface area contributed by atoms with Crippen molar-refractivity contribution in [2.45, 2.75) is 32.2 Å². The number of amides is 3. The molecule has 0 saturated carbocycles. The van der Waals surface area contributed by atoms with E-state index in [-0.39, 0.29) is 17.7 Å². The quantitative estimate of drug-likeness (QED) is 0.676. The van der Waals surface area contributed by atoms with E-state index in [1.165, 1.54) is 5.70 Å². The van der Waals surface area contributed by atoms with Gasteiger partial charge >= 0.3 is 0 Å². The number of hydrogen-bond acceptors (Lipinski definition) is 5. The van der Waals surface area contributed by atoms with E-state index < -0.39 is 6.04 Å². The average Bonchev–Trinajstić information content (AvgIpc) is 2.91. The van der Waals surface area contributed by atoms with Gasteiger partial charge in [-0.2, -0.15) is 0 Å². The van der Waals surface area contributed by atoms with Gasteiger partial charge in [0.25, 0.3) is 5.91 Å². The van der Waals surface area contributed by atoms with Crippen molar-refractivity contribution in [2.75, 3.05) is 32.7 Å². The first-order valence-corrected chi connectivity index (χ1v) is 9.08. The lowest BCUT2D eigenvalue weighted by molar-refractivity contribution is -0.142. The summed E-state index contributed by atoms with van der Waals surface area (Å²) in [6, 6.07) is -0.526. The number of rotatable bonds is 2. The molecule has 2 atom stereocenters. The molecule has 2 saturated heterocycles. The smallest absolute Gasteiger partial charge is 0.251 e. The highest BCUT2D eigenvalue weighted by atomic mass is 16.2. The molecule has 3 amide bonds. The van der Waals surface area contributed by atoms with E-state index in [1.54, 1.807) is 4.90 Å². The van der Waals surface area contributed by atoms with Crippen LogP contribution in [0.2, 0.25) is 0 Å². The molecule has 0 radical (unpaired) electrons. The number of imide groups is 1. The lowest BCUT2D eigenvalue weighted by Gasteiger charge is -2.36. The van der Waals surface area contributed by atoms with E-state index in [9.17, 15) is 14.4 Å². The minimum atomic E-state index is -0.526. The predicted octanol–water partition coefficient (Wildman–Crippen LogP) is -0.241. The maximum Gasteiger partial charge on any atom is 0.251 e. The Hall–Kier alpha value is -2.15. The SMILES string of the molecule is CC1CC2=C(C=C1N1CCNCC1)CN([C@@H]1CCC(=O)NC1=O)C2=O. The Morgan fingerprint density at radius 1 is 1.16 bits per heavy atom. The fraction of sp³-hybridized carbons (Fsp3) is 0.611. The minimum Gasteiger partial charge on any atom is -0.372 e. The molecule has 0 aromatic rings. The monoisotopic (exact) mass is 344 g/mol. The van der Waals surface area contributed by atoms with Crippen molar-refractivity contribution in [3.8, 4) is 0 Å². The predicted molar refractivity (Wildman–Crippen MR) is 91.2 cm³/mol. The van der Waals surface area contributed by atoms with Crippen LogP contribution >= 0.6 is 0 Å². The Morgan fingerprint density at radius 3 is 2.64 bits per heavy atom. The van der Waals surface area contributed by atoms with Crippen molar-refractivity contribution in [2.24, 2.45) is 5.92 Å². The third kappa shape index (κ3) is 2.86. The molecule has 1 aliphatic carbocycles. The highest BCUT2D eigenvalue weighted by Gasteiger charge is 2.41. The highest BCUT2D eigenvalue weighted by molar-refractivity contribution is 6.05. The molecule has 7 heteroatoms. The average molecular weight is 344 g/mol. The second-order valence-electron chi connectivity index (χ2n) is 7.32. The van der Waals surface area contributed by atoms with E-state index in [0.29, 0.717) is 25.3 Å². The van der Waals surface area contributed by atoms with Crippen LogP contribution in [-0.2, 0) is 14.4 Å². The van der Waals surface area contributed by atoms with Crippen LogP contribution in [0.5, 0.6) is 0 Å². The summed E-state index contributed by atoms with van der Waals surface area (Å²) < 4.78 is 0. The van der Waals surface area contributed by atoms with Gasteiger partial charge in [-0.05, 0) is 24.5 Å². The van der Waals surface area contributed by atoms with Gasteiger partial charge in [0.05, 0.1) is 0 Å². The summed E-state index contributed by atoms with van der Waals surface area (Å²) in [6.45, 7) is 6.59. The molecular formula is C18H24N4O3. The van der Waals surface area contributed by atoms with Gasteiger partial charge in [-0.25, -0.2) is 0 Å². The first kappa shape index (κ1) is 16.3. The first-order valence-electron chi connectivity index (χ1n) is 9.08. The van der Waals surface area contributed by atoms with Crippen LogP contribution in [0.1, 0.15) is 26.2 Å². The van der Waals surface area contributed by atoms with Gasteiger partial charge in [-0.15, -0.1) is 0 Å². The zero-order chi connectivity index (χ0) is 17.6. The van der Waals surface area contributed by atoms with Gasteiger partial charge in [0.2, 0.25) is 11.8 Å². The van der Waals surface area contributed by atoms with E-state index in [2.05, 4.69) is 28.5 Å². The number of nitrogens with one attached hydrogen (secondary N) is 2. The number of allylic oxidation sites excluding steroid dienone is 1. The van der Waals surface area contributed by atoms with Crippen LogP contribution in [0.4, 0.5) is 0 Å². The molecule has 0 bridgehead atoms. The Morgan fingerprint density at radius 2 is 1.92 bits per heavy atom. The normalized spacial score (nSPS) is 30.4. The summed E-state index contributed by atoms with van der Waals surface area (Å²) in [7, 11) is 0. The molecule has 134 valence electrons. The van der Waals surface area contributed by atoms with Gasteiger partial charge in [-0.3, -0.25) is 19.7 Å². The maximum atomic E-state index is 12.8. The molecule has 0 spiro atoms. The standard InChI is InChI=1S/C18H24N4O3/c1-11-8-13-12(9-15(11)21-6-4-19-5-7-21)10-22(18(13)25)14-2-3-16(23)20-17(14)24/h9,11,14,19H,2-8,10H2,1H3,(H,20,23,24)/t11?,14-/m1/s1. The van der Waals surface area contributed by atoms with Gasteiger partial charge in [0, 0.05) is 56.3 Å². The van der Waals surface area contributed by atoms with Crippen molar-refractivity contribution in [3.05, 3.63) is 22.9 Å². The van der Waals surface area contributed by atoms with Crippen LogP contribution in [0.3, 0.4) is 0 Å². The van der Waals surface area contributed by atoms with Gasteiger partial charge in [0.15, 0.2) is 0 Å². The molecule has 3 aliphatic heterocycles. The van der Waals surface area contributed by atoms with Crippen molar-refractivity contribution >= 4 is 17.7 Å². The number of hydrogen-bond donors (Lipinski definition) is 2. The summed E-state index contributed by atoms with van der Waals surface area (Å²) in [5, 5.41) is 5.72. The maximum absolute atomic E-state index is 12.8. The zero-order valence-corrected chi connectivity index (χ0v) is 14.5. The van der Waals surface area contributed by atoms with Crippen LogP contribution in [0.25, 0.3) is 0 Å². The summed E-state index contributed by atoms with van der Waals surface area (Å²) >= 11 is 0. The van der Waals surface area contributed by atoms with E-state index in [0.717, 1.165) is 43.7 Å². The van der Waals surface area contributed by atoms with Crippen LogP contribution in [0.15, 0.2) is 22.9 Å². The van der Waals surface area contributed by atoms with Gasteiger partial charge < -0.3 is 15.1 Å². The Labute approximate surface area is 147 Å². The third-order valence-electron chi connectivity index (χ3n) is 5.65. The van der Waals surface area contributed by atoms with Crippen molar-refractivity contribution in [3.63, 3.8) is 0 Å². The Balaban J connectivity index is 1.54. The highest BCUT2D eigenvalue weighted by Crippen LogP contribution is 2.37. The number of carbonyl (C=O) groups excluding carboxylic acids is 3. The molecule has 3 heterocycles. The summed E-state index contributed by atoms with van der Waals surface area (Å²) in [5.74, 6) is -0.321. The molecule has 2 fully saturated rings. The molecule has 25 heavy (non-hydrogen) atoms. The second-order valence-corrected chi connectivity index (χ2v) is 7.32. The van der Waals surface area contributed by atoms with Gasteiger partial charge in [-0.1, -0.05) is 6.92 Å². The molecule has 1 unspecified atom stereocenters. The van der Waals surface area contributed by atoms with E-state index in [4.69, 9.17) is 0 Å². The summed E-state index contributed by atoms with van der Waals surface area (Å²) in [4.78, 5) is 40.4. The molecule has 2 N–H and O–H groups in total.